The lowest BCUT2D eigenvalue weighted by Crippen LogP contribution is -2.41. The average molecular weight is 297 g/mol. The Morgan fingerprint density at radius 2 is 1.67 bits per heavy atom. The van der Waals surface area contributed by atoms with E-state index < -0.39 is 35.9 Å². The van der Waals surface area contributed by atoms with Crippen molar-refractivity contribution in [2.24, 2.45) is 0 Å². The molecule has 1 amide bonds. The molecule has 1 N–H and O–H groups in total. The molecular weight excluding hydrogens is 279 g/mol. The van der Waals surface area contributed by atoms with Crippen molar-refractivity contribution in [1.82, 2.24) is 5.32 Å². The van der Waals surface area contributed by atoms with Crippen molar-refractivity contribution in [3.05, 3.63) is 29.3 Å². The molecule has 0 radical (unpaired) electrons. The zero-order chi connectivity index (χ0) is 16.0. The second kappa shape index (κ2) is 5.07. The van der Waals surface area contributed by atoms with Gasteiger partial charge in [-0.25, -0.2) is 8.78 Å². The van der Waals surface area contributed by atoms with Crippen molar-refractivity contribution < 1.29 is 22.9 Å². The quantitative estimate of drug-likeness (QED) is 0.844. The number of hydrogen-bond acceptors (Lipinski definition) is 3. The van der Waals surface area contributed by atoms with Crippen molar-refractivity contribution in [2.45, 2.75) is 38.9 Å². The van der Waals surface area contributed by atoms with Crippen molar-refractivity contribution in [3.8, 4) is 0 Å². The highest BCUT2D eigenvalue weighted by atomic mass is 19.1. The van der Waals surface area contributed by atoms with Crippen LogP contribution in [0.4, 0.5) is 8.78 Å². The molecule has 0 saturated carbocycles. The second-order valence-corrected chi connectivity index (χ2v) is 5.99. The summed E-state index contributed by atoms with van der Waals surface area (Å²) in [6.07, 6.45) is 0. The highest BCUT2D eigenvalue weighted by Crippen LogP contribution is 2.36. The summed E-state index contributed by atoms with van der Waals surface area (Å²) in [6.45, 7) is 7.13. The summed E-state index contributed by atoms with van der Waals surface area (Å²) in [5.41, 5.74) is -2.07. The molecule has 4 nitrogen and oxygen atoms in total. The second-order valence-electron chi connectivity index (χ2n) is 5.99. The van der Waals surface area contributed by atoms with Crippen LogP contribution in [-0.2, 0) is 9.31 Å². The van der Waals surface area contributed by atoms with E-state index in [1.807, 2.05) is 0 Å². The summed E-state index contributed by atoms with van der Waals surface area (Å²) in [5, 5.41) is 2.31. The van der Waals surface area contributed by atoms with Crippen LogP contribution in [0.15, 0.2) is 12.1 Å². The third-order valence-corrected chi connectivity index (χ3v) is 4.09. The molecular formula is C14H18BF2NO3. The number of rotatable bonds is 2. The minimum absolute atomic E-state index is 0.247. The van der Waals surface area contributed by atoms with Gasteiger partial charge in [-0.05, 0) is 39.8 Å². The molecule has 0 aromatic heterocycles. The molecule has 0 bridgehead atoms. The first-order valence-corrected chi connectivity index (χ1v) is 6.66. The normalized spacial score (nSPS) is 19.7. The molecule has 0 atom stereocenters. The van der Waals surface area contributed by atoms with Crippen LogP contribution in [0.5, 0.6) is 0 Å². The van der Waals surface area contributed by atoms with Gasteiger partial charge in [0.15, 0.2) is 0 Å². The van der Waals surface area contributed by atoms with E-state index in [0.717, 1.165) is 12.1 Å². The fourth-order valence-electron chi connectivity index (χ4n) is 2.06. The lowest BCUT2D eigenvalue weighted by molar-refractivity contribution is 0.00578. The Hall–Kier alpha value is -1.47. The van der Waals surface area contributed by atoms with Crippen molar-refractivity contribution in [2.75, 3.05) is 7.05 Å². The van der Waals surface area contributed by atoms with Crippen LogP contribution in [-0.4, -0.2) is 31.3 Å². The van der Waals surface area contributed by atoms with Crippen LogP contribution in [0, 0.1) is 11.6 Å². The number of halogens is 2. The Morgan fingerprint density at radius 1 is 1.14 bits per heavy atom. The summed E-state index contributed by atoms with van der Waals surface area (Å²) >= 11 is 0. The van der Waals surface area contributed by atoms with Gasteiger partial charge in [0.1, 0.15) is 11.6 Å². The van der Waals surface area contributed by atoms with Crippen molar-refractivity contribution in [3.63, 3.8) is 0 Å². The minimum atomic E-state index is -1.19. The molecule has 1 aliphatic rings. The van der Waals surface area contributed by atoms with Crippen LogP contribution in [0.1, 0.15) is 38.1 Å². The van der Waals surface area contributed by atoms with Gasteiger partial charge < -0.3 is 14.6 Å². The summed E-state index contributed by atoms with van der Waals surface area (Å²) in [5.74, 6) is -2.41. The van der Waals surface area contributed by atoms with E-state index in [-0.39, 0.29) is 11.0 Å². The van der Waals surface area contributed by atoms with Crippen LogP contribution in [0.2, 0.25) is 0 Å². The molecule has 1 aromatic carbocycles. The van der Waals surface area contributed by atoms with Gasteiger partial charge in [0, 0.05) is 7.05 Å². The largest absolute Gasteiger partial charge is 0.500 e. The van der Waals surface area contributed by atoms with Gasteiger partial charge >= 0.3 is 7.12 Å². The molecule has 1 fully saturated rings. The first-order valence-electron chi connectivity index (χ1n) is 6.66. The summed E-state index contributed by atoms with van der Waals surface area (Å²) < 4.78 is 39.8. The SMILES string of the molecule is CNC(=O)c1ccc(F)c(B2OC(C)(C)C(C)(C)O2)c1F. The van der Waals surface area contributed by atoms with Gasteiger partial charge in [0.25, 0.3) is 5.91 Å². The molecule has 0 spiro atoms. The van der Waals surface area contributed by atoms with Crippen molar-refractivity contribution >= 4 is 18.5 Å². The Bertz CT molecular complexity index is 574. The Labute approximate surface area is 123 Å². The van der Waals surface area contributed by atoms with Gasteiger partial charge in [0.05, 0.1) is 22.2 Å². The molecule has 0 unspecified atom stereocenters. The number of carbonyl (C=O) groups excluding carboxylic acids is 1. The highest BCUT2D eigenvalue weighted by molar-refractivity contribution is 6.62. The standard InChI is InChI=1S/C14H18BF2NO3/c1-13(2)14(3,4)21-15(20-13)10-9(16)7-6-8(11(10)17)12(19)18-5/h6-7H,1-5H3,(H,18,19). The van der Waals surface area contributed by atoms with Crippen LogP contribution < -0.4 is 10.8 Å². The highest BCUT2D eigenvalue weighted by Gasteiger charge is 2.53. The van der Waals surface area contributed by atoms with Gasteiger partial charge in [-0.15, -0.1) is 0 Å². The van der Waals surface area contributed by atoms with Gasteiger partial charge in [-0.3, -0.25) is 4.79 Å². The van der Waals surface area contributed by atoms with E-state index in [0.29, 0.717) is 0 Å². The molecule has 21 heavy (non-hydrogen) atoms. The molecule has 2 rings (SSSR count). The van der Waals surface area contributed by atoms with E-state index in [1.54, 1.807) is 27.7 Å². The van der Waals surface area contributed by atoms with Gasteiger partial charge in [-0.2, -0.15) is 0 Å². The maximum absolute atomic E-state index is 14.5. The topological polar surface area (TPSA) is 47.6 Å². The Kier molecular flexibility index (Phi) is 3.84. The predicted molar refractivity (Wildman–Crippen MR) is 75.5 cm³/mol. The lowest BCUT2D eigenvalue weighted by atomic mass is 9.77. The maximum atomic E-state index is 14.5. The number of nitrogens with one attached hydrogen (secondary N) is 1. The fourth-order valence-corrected chi connectivity index (χ4v) is 2.06. The summed E-state index contributed by atoms with van der Waals surface area (Å²) in [6, 6.07) is 2.13. The predicted octanol–water partition coefficient (Wildman–Crippen LogP) is 1.62. The van der Waals surface area contributed by atoms with Crippen LogP contribution >= 0.6 is 0 Å². The average Bonchev–Trinajstić information content (AvgIpc) is 2.57. The molecule has 0 aliphatic carbocycles. The zero-order valence-corrected chi connectivity index (χ0v) is 12.7. The zero-order valence-electron chi connectivity index (χ0n) is 12.7. The maximum Gasteiger partial charge on any atom is 0.500 e. The molecule has 114 valence electrons. The molecule has 1 saturated heterocycles. The molecule has 1 aliphatic heterocycles. The van der Waals surface area contributed by atoms with Crippen LogP contribution in [0.3, 0.4) is 0 Å². The third-order valence-electron chi connectivity index (χ3n) is 4.09. The van der Waals surface area contributed by atoms with E-state index in [4.69, 9.17) is 9.31 Å². The number of benzene rings is 1. The summed E-state index contributed by atoms with van der Waals surface area (Å²) in [7, 11) is 0.180. The monoisotopic (exact) mass is 297 g/mol. The van der Waals surface area contributed by atoms with Gasteiger partial charge in [-0.1, -0.05) is 0 Å². The number of hydrogen-bond donors (Lipinski definition) is 1. The lowest BCUT2D eigenvalue weighted by Gasteiger charge is -2.32. The Morgan fingerprint density at radius 3 is 2.14 bits per heavy atom. The van der Waals surface area contributed by atoms with Crippen LogP contribution in [0.25, 0.3) is 0 Å². The van der Waals surface area contributed by atoms with Gasteiger partial charge in [0.2, 0.25) is 0 Å². The van der Waals surface area contributed by atoms with E-state index in [1.165, 1.54) is 7.05 Å². The third kappa shape index (κ3) is 2.56. The Balaban J connectivity index is 2.48. The van der Waals surface area contributed by atoms with E-state index in [9.17, 15) is 13.6 Å². The molecule has 1 aromatic rings. The van der Waals surface area contributed by atoms with Crippen molar-refractivity contribution in [1.29, 1.82) is 0 Å². The minimum Gasteiger partial charge on any atom is -0.399 e. The number of amides is 1. The fraction of sp³-hybridized carbons (Fsp3) is 0.500. The first kappa shape index (κ1) is 15.9. The van der Waals surface area contributed by atoms with E-state index in [2.05, 4.69) is 5.32 Å². The number of carbonyl (C=O) groups is 1. The summed E-state index contributed by atoms with van der Waals surface area (Å²) in [4.78, 5) is 11.6. The molecule has 7 heteroatoms. The first-order chi connectivity index (χ1) is 9.60. The molecule has 1 heterocycles. The smallest absolute Gasteiger partial charge is 0.399 e. The van der Waals surface area contributed by atoms with E-state index >= 15 is 0 Å².